The van der Waals surface area contributed by atoms with Crippen molar-refractivity contribution in [1.82, 2.24) is 10.3 Å². The lowest BCUT2D eigenvalue weighted by atomic mass is 9.80. The molecule has 1 aromatic heterocycles. The minimum atomic E-state index is 0.172. The van der Waals surface area contributed by atoms with Crippen LogP contribution < -0.4 is 5.32 Å². The van der Waals surface area contributed by atoms with Gasteiger partial charge in [0.15, 0.2) is 0 Å². The molecule has 0 amide bonds. The molecule has 2 aliphatic rings. The molecule has 1 N–H and O–H groups in total. The zero-order valence-corrected chi connectivity index (χ0v) is 13.7. The number of aromatic nitrogens is 1. The minimum Gasteiger partial charge on any atom is -0.374 e. The Bertz CT molecular complexity index is 434. The van der Waals surface area contributed by atoms with Gasteiger partial charge in [-0.2, -0.15) is 11.8 Å². The fraction of sp³-hybridized carbons (Fsp3) is 0.706. The highest BCUT2D eigenvalue weighted by Crippen LogP contribution is 2.41. The van der Waals surface area contributed by atoms with Gasteiger partial charge in [-0.1, -0.05) is 13.0 Å². The second kappa shape index (κ2) is 7.12. The highest BCUT2D eigenvalue weighted by Gasteiger charge is 2.42. The molecule has 0 aliphatic carbocycles. The molecule has 3 unspecified atom stereocenters. The van der Waals surface area contributed by atoms with Gasteiger partial charge in [-0.25, -0.2) is 0 Å². The Morgan fingerprint density at radius 1 is 1.52 bits per heavy atom. The van der Waals surface area contributed by atoms with Crippen LogP contribution in [-0.2, 0) is 11.2 Å². The topological polar surface area (TPSA) is 34.2 Å². The van der Waals surface area contributed by atoms with Gasteiger partial charge in [-0.05, 0) is 49.6 Å². The largest absolute Gasteiger partial charge is 0.374 e. The highest BCUT2D eigenvalue weighted by molar-refractivity contribution is 7.99. The Morgan fingerprint density at radius 2 is 2.48 bits per heavy atom. The van der Waals surface area contributed by atoms with Crippen LogP contribution in [0.2, 0.25) is 0 Å². The summed E-state index contributed by atoms with van der Waals surface area (Å²) in [5, 5.41) is 3.70. The second-order valence-electron chi connectivity index (χ2n) is 6.28. The molecule has 2 fully saturated rings. The molecule has 0 saturated carbocycles. The van der Waals surface area contributed by atoms with Gasteiger partial charge in [0, 0.05) is 36.7 Å². The number of rotatable bonds is 5. The summed E-state index contributed by atoms with van der Waals surface area (Å²) in [6, 6.07) is 6.75. The molecular formula is C17H26N2OS. The van der Waals surface area contributed by atoms with Crippen molar-refractivity contribution in [2.24, 2.45) is 5.92 Å². The first kappa shape index (κ1) is 15.3. The van der Waals surface area contributed by atoms with E-state index in [0.29, 0.717) is 12.0 Å². The van der Waals surface area contributed by atoms with Gasteiger partial charge in [-0.3, -0.25) is 4.98 Å². The normalized spacial score (nSPS) is 30.6. The summed E-state index contributed by atoms with van der Waals surface area (Å²) in [6.45, 7) is 4.15. The number of pyridine rings is 1. The standard InChI is InChI=1S/C17H26N2OS/c1-2-18-16(11-15-5-3-4-8-19-15)14-6-9-20-17(12-14)7-10-21-13-17/h3-5,8,14,16,18H,2,6-7,9-13H2,1H3. The number of ether oxygens (including phenoxy) is 1. The van der Waals surface area contributed by atoms with E-state index in [1.165, 1.54) is 36.5 Å². The molecule has 2 aliphatic heterocycles. The lowest BCUT2D eigenvalue weighted by Crippen LogP contribution is -2.48. The van der Waals surface area contributed by atoms with E-state index in [1.54, 1.807) is 0 Å². The van der Waals surface area contributed by atoms with Crippen LogP contribution in [0.25, 0.3) is 0 Å². The van der Waals surface area contributed by atoms with E-state index in [1.807, 2.05) is 12.3 Å². The number of likely N-dealkylation sites (N-methyl/N-ethyl adjacent to an activating group) is 1. The molecule has 3 rings (SSSR count). The average Bonchev–Trinajstić information content (AvgIpc) is 2.96. The molecular weight excluding hydrogens is 280 g/mol. The molecule has 0 bridgehead atoms. The number of hydrogen-bond donors (Lipinski definition) is 1. The molecule has 0 radical (unpaired) electrons. The van der Waals surface area contributed by atoms with E-state index in [-0.39, 0.29) is 5.60 Å². The van der Waals surface area contributed by atoms with E-state index in [4.69, 9.17) is 4.74 Å². The molecule has 2 saturated heterocycles. The van der Waals surface area contributed by atoms with Crippen LogP contribution in [0.3, 0.4) is 0 Å². The molecule has 3 atom stereocenters. The lowest BCUT2D eigenvalue weighted by molar-refractivity contribution is -0.0850. The van der Waals surface area contributed by atoms with Crippen LogP contribution in [0.5, 0.6) is 0 Å². The quantitative estimate of drug-likeness (QED) is 0.907. The van der Waals surface area contributed by atoms with Crippen LogP contribution >= 0.6 is 11.8 Å². The van der Waals surface area contributed by atoms with Gasteiger partial charge >= 0.3 is 0 Å². The summed E-state index contributed by atoms with van der Waals surface area (Å²) >= 11 is 2.05. The monoisotopic (exact) mass is 306 g/mol. The van der Waals surface area contributed by atoms with Gasteiger partial charge in [0.05, 0.1) is 5.60 Å². The van der Waals surface area contributed by atoms with Gasteiger partial charge < -0.3 is 10.1 Å². The van der Waals surface area contributed by atoms with Crippen molar-refractivity contribution in [3.63, 3.8) is 0 Å². The maximum absolute atomic E-state index is 6.17. The molecule has 1 spiro atoms. The third-order valence-corrected chi connectivity index (χ3v) is 6.01. The molecule has 4 heteroatoms. The van der Waals surface area contributed by atoms with Crippen molar-refractivity contribution < 1.29 is 4.74 Å². The molecule has 3 heterocycles. The SMILES string of the molecule is CCNC(Cc1ccccn1)C1CCOC2(CCSC2)C1. The first-order chi connectivity index (χ1) is 10.3. The zero-order valence-electron chi connectivity index (χ0n) is 12.9. The Morgan fingerprint density at radius 3 is 3.19 bits per heavy atom. The summed E-state index contributed by atoms with van der Waals surface area (Å²) < 4.78 is 6.17. The average molecular weight is 306 g/mol. The van der Waals surface area contributed by atoms with Crippen LogP contribution in [0.4, 0.5) is 0 Å². The number of hydrogen-bond acceptors (Lipinski definition) is 4. The predicted molar refractivity (Wildman–Crippen MR) is 88.8 cm³/mol. The zero-order chi connectivity index (χ0) is 14.5. The number of thioether (sulfide) groups is 1. The first-order valence-electron chi connectivity index (χ1n) is 8.16. The highest BCUT2D eigenvalue weighted by atomic mass is 32.2. The minimum absolute atomic E-state index is 0.172. The van der Waals surface area contributed by atoms with Crippen molar-refractivity contribution in [1.29, 1.82) is 0 Å². The summed E-state index contributed by atoms with van der Waals surface area (Å²) in [7, 11) is 0. The van der Waals surface area contributed by atoms with E-state index >= 15 is 0 Å². The van der Waals surface area contributed by atoms with E-state index in [2.05, 4.69) is 41.1 Å². The number of nitrogens with zero attached hydrogens (tertiary/aromatic N) is 1. The summed E-state index contributed by atoms with van der Waals surface area (Å²) in [4.78, 5) is 4.51. The Hall–Kier alpha value is -0.580. The van der Waals surface area contributed by atoms with Crippen molar-refractivity contribution in [2.75, 3.05) is 24.7 Å². The van der Waals surface area contributed by atoms with Crippen LogP contribution in [0.1, 0.15) is 31.9 Å². The summed E-state index contributed by atoms with van der Waals surface area (Å²) in [5.74, 6) is 3.16. The summed E-state index contributed by atoms with van der Waals surface area (Å²) in [6.07, 6.45) is 6.55. The maximum Gasteiger partial charge on any atom is 0.0783 e. The third kappa shape index (κ3) is 3.79. The fourth-order valence-electron chi connectivity index (χ4n) is 3.68. The summed E-state index contributed by atoms with van der Waals surface area (Å²) in [5.41, 5.74) is 1.37. The first-order valence-corrected chi connectivity index (χ1v) is 9.32. The van der Waals surface area contributed by atoms with Crippen molar-refractivity contribution in [2.45, 2.75) is 44.2 Å². The van der Waals surface area contributed by atoms with Gasteiger partial charge in [0.25, 0.3) is 0 Å². The van der Waals surface area contributed by atoms with Crippen LogP contribution in [-0.4, -0.2) is 41.3 Å². The van der Waals surface area contributed by atoms with E-state index in [9.17, 15) is 0 Å². The molecule has 21 heavy (non-hydrogen) atoms. The maximum atomic E-state index is 6.17. The third-order valence-electron chi connectivity index (χ3n) is 4.79. The van der Waals surface area contributed by atoms with Crippen molar-refractivity contribution in [3.05, 3.63) is 30.1 Å². The van der Waals surface area contributed by atoms with Gasteiger partial charge in [-0.15, -0.1) is 0 Å². The smallest absolute Gasteiger partial charge is 0.0783 e. The van der Waals surface area contributed by atoms with Crippen molar-refractivity contribution in [3.8, 4) is 0 Å². The Balaban J connectivity index is 1.68. The second-order valence-corrected chi connectivity index (χ2v) is 7.38. The van der Waals surface area contributed by atoms with Gasteiger partial charge in [0.2, 0.25) is 0 Å². The van der Waals surface area contributed by atoms with Crippen molar-refractivity contribution >= 4 is 11.8 Å². The number of nitrogens with one attached hydrogen (secondary N) is 1. The van der Waals surface area contributed by atoms with E-state index < -0.39 is 0 Å². The Kier molecular flexibility index (Phi) is 5.19. The molecule has 0 aromatic carbocycles. The fourth-order valence-corrected chi connectivity index (χ4v) is 5.06. The van der Waals surface area contributed by atoms with E-state index in [0.717, 1.165) is 19.6 Å². The molecule has 3 nitrogen and oxygen atoms in total. The van der Waals surface area contributed by atoms with Gasteiger partial charge in [0.1, 0.15) is 0 Å². The molecule has 116 valence electrons. The lowest BCUT2D eigenvalue weighted by Gasteiger charge is -2.41. The predicted octanol–water partition coefficient (Wildman–Crippen LogP) is 2.90. The van der Waals surface area contributed by atoms with Crippen LogP contribution in [0, 0.1) is 5.92 Å². The van der Waals surface area contributed by atoms with Crippen LogP contribution in [0.15, 0.2) is 24.4 Å². The Labute approximate surface area is 132 Å². The molecule has 1 aromatic rings.